The summed E-state index contributed by atoms with van der Waals surface area (Å²) in [5.41, 5.74) is 5.61. The largest absolute Gasteiger partial charge is 0.468 e. The quantitative estimate of drug-likeness (QED) is 0.563. The summed E-state index contributed by atoms with van der Waals surface area (Å²) < 4.78 is 4.54. The fourth-order valence-electron chi connectivity index (χ4n) is 1.52. The van der Waals surface area contributed by atoms with Crippen LogP contribution >= 0.6 is 0 Å². The minimum Gasteiger partial charge on any atom is -0.468 e. The van der Waals surface area contributed by atoms with Gasteiger partial charge in [0.1, 0.15) is 6.04 Å². The zero-order valence-corrected chi connectivity index (χ0v) is 7.38. The van der Waals surface area contributed by atoms with Crippen LogP contribution in [0.25, 0.3) is 0 Å². The molecule has 0 saturated carbocycles. The van der Waals surface area contributed by atoms with E-state index in [0.29, 0.717) is 5.92 Å². The Morgan fingerprint density at radius 1 is 1.83 bits per heavy atom. The van der Waals surface area contributed by atoms with E-state index in [-0.39, 0.29) is 5.97 Å². The number of carbonyl (C=O) groups excluding carboxylic acids is 1. The lowest BCUT2D eigenvalue weighted by molar-refractivity contribution is -0.142. The number of hydrogen-bond acceptors (Lipinski definition) is 4. The maximum absolute atomic E-state index is 10.9. The molecule has 2 atom stereocenters. The molecule has 0 aromatic rings. The van der Waals surface area contributed by atoms with E-state index in [9.17, 15) is 4.79 Å². The lowest BCUT2D eigenvalue weighted by atomic mass is 10.00. The van der Waals surface area contributed by atoms with Crippen LogP contribution in [0.5, 0.6) is 0 Å². The number of carbonyl (C=O) groups is 1. The van der Waals surface area contributed by atoms with Crippen LogP contribution in [-0.2, 0) is 9.53 Å². The Labute approximate surface area is 72.5 Å². The van der Waals surface area contributed by atoms with E-state index in [1.54, 1.807) is 0 Å². The van der Waals surface area contributed by atoms with Crippen molar-refractivity contribution >= 4 is 5.97 Å². The molecule has 0 aromatic heterocycles. The molecule has 1 rings (SSSR count). The van der Waals surface area contributed by atoms with Crippen molar-refractivity contribution in [2.24, 2.45) is 11.7 Å². The van der Waals surface area contributed by atoms with Crippen molar-refractivity contribution in [1.29, 1.82) is 0 Å². The first kappa shape index (κ1) is 9.48. The molecule has 0 aliphatic carbocycles. The second-order valence-corrected chi connectivity index (χ2v) is 3.22. The molecule has 0 aromatic carbocycles. The maximum atomic E-state index is 10.9. The van der Waals surface area contributed by atoms with E-state index in [2.05, 4.69) is 10.1 Å². The molecule has 4 nitrogen and oxygen atoms in total. The van der Waals surface area contributed by atoms with Gasteiger partial charge < -0.3 is 15.8 Å². The first-order valence-corrected chi connectivity index (χ1v) is 4.28. The van der Waals surface area contributed by atoms with Crippen molar-refractivity contribution in [3.8, 4) is 0 Å². The minimum atomic E-state index is -0.445. The molecule has 0 unspecified atom stereocenters. The van der Waals surface area contributed by atoms with Gasteiger partial charge in [0, 0.05) is 0 Å². The van der Waals surface area contributed by atoms with Crippen LogP contribution in [-0.4, -0.2) is 32.2 Å². The van der Waals surface area contributed by atoms with Crippen molar-refractivity contribution < 1.29 is 9.53 Å². The summed E-state index contributed by atoms with van der Waals surface area (Å²) in [5, 5.41) is 3.23. The van der Waals surface area contributed by atoms with Crippen LogP contribution in [0.2, 0.25) is 0 Å². The summed E-state index contributed by atoms with van der Waals surface area (Å²) >= 11 is 0. The normalized spacial score (nSPS) is 25.3. The highest BCUT2D eigenvalue weighted by molar-refractivity contribution is 5.75. The van der Waals surface area contributed by atoms with Gasteiger partial charge in [0.2, 0.25) is 0 Å². The molecule has 4 heteroatoms. The van der Waals surface area contributed by atoms with Gasteiger partial charge >= 0.3 is 5.97 Å². The summed E-state index contributed by atoms with van der Waals surface area (Å²) in [5.74, 6) is 0.237. The molecule has 0 radical (unpaired) electrons. The Kier molecular flexibility index (Phi) is 3.49. The standard InChI is InChI=1S/C8H16N2O2/c1-12-8(11)7(9)4-6-2-3-10-5-6/h6-7,10H,2-5,9H2,1H3/t6-,7-/m0/s1. The van der Waals surface area contributed by atoms with Gasteiger partial charge in [0.15, 0.2) is 0 Å². The van der Waals surface area contributed by atoms with Crippen molar-refractivity contribution in [2.75, 3.05) is 20.2 Å². The SMILES string of the molecule is COC(=O)[C@@H](N)C[C@@H]1CCNC1. The van der Waals surface area contributed by atoms with Crippen LogP contribution in [0.15, 0.2) is 0 Å². The van der Waals surface area contributed by atoms with Gasteiger partial charge in [-0.2, -0.15) is 0 Å². The van der Waals surface area contributed by atoms with Crippen LogP contribution in [0.3, 0.4) is 0 Å². The fraction of sp³-hybridized carbons (Fsp3) is 0.875. The Hall–Kier alpha value is -0.610. The summed E-state index contributed by atoms with van der Waals surface area (Å²) in [6, 6.07) is -0.445. The van der Waals surface area contributed by atoms with E-state index >= 15 is 0 Å². The second-order valence-electron chi connectivity index (χ2n) is 3.22. The third-order valence-electron chi connectivity index (χ3n) is 2.25. The lowest BCUT2D eigenvalue weighted by Crippen LogP contribution is -2.34. The minimum absolute atomic E-state index is 0.304. The summed E-state index contributed by atoms with van der Waals surface area (Å²) in [6.07, 6.45) is 1.85. The topological polar surface area (TPSA) is 64.3 Å². The number of esters is 1. The Morgan fingerprint density at radius 3 is 3.08 bits per heavy atom. The molecule has 3 N–H and O–H groups in total. The first-order chi connectivity index (χ1) is 5.74. The Morgan fingerprint density at radius 2 is 2.58 bits per heavy atom. The highest BCUT2D eigenvalue weighted by atomic mass is 16.5. The van der Waals surface area contributed by atoms with Gasteiger partial charge in [-0.05, 0) is 31.8 Å². The zero-order chi connectivity index (χ0) is 8.97. The van der Waals surface area contributed by atoms with Crippen LogP contribution in [0, 0.1) is 5.92 Å². The molecule has 1 aliphatic heterocycles. The average molecular weight is 172 g/mol. The van der Waals surface area contributed by atoms with Crippen LogP contribution in [0.1, 0.15) is 12.8 Å². The van der Waals surface area contributed by atoms with Gasteiger partial charge in [0.05, 0.1) is 7.11 Å². The molecule has 1 fully saturated rings. The molecular weight excluding hydrogens is 156 g/mol. The van der Waals surface area contributed by atoms with Crippen molar-refractivity contribution in [2.45, 2.75) is 18.9 Å². The van der Waals surface area contributed by atoms with Crippen LogP contribution in [0.4, 0.5) is 0 Å². The first-order valence-electron chi connectivity index (χ1n) is 4.28. The van der Waals surface area contributed by atoms with Gasteiger partial charge in [-0.3, -0.25) is 4.79 Å². The number of nitrogens with two attached hydrogens (primary N) is 1. The molecule has 1 heterocycles. The maximum Gasteiger partial charge on any atom is 0.322 e. The van der Waals surface area contributed by atoms with Crippen molar-refractivity contribution in [3.05, 3.63) is 0 Å². The van der Waals surface area contributed by atoms with Crippen molar-refractivity contribution in [3.63, 3.8) is 0 Å². The van der Waals surface area contributed by atoms with E-state index in [1.165, 1.54) is 7.11 Å². The number of nitrogens with one attached hydrogen (secondary N) is 1. The summed E-state index contributed by atoms with van der Waals surface area (Å²) in [6.45, 7) is 2.02. The highest BCUT2D eigenvalue weighted by Gasteiger charge is 2.22. The molecule has 0 spiro atoms. The molecule has 12 heavy (non-hydrogen) atoms. The van der Waals surface area contributed by atoms with Gasteiger partial charge in [-0.15, -0.1) is 0 Å². The second kappa shape index (κ2) is 4.42. The number of rotatable bonds is 3. The fourth-order valence-corrected chi connectivity index (χ4v) is 1.52. The predicted molar refractivity (Wildman–Crippen MR) is 45.6 cm³/mol. The molecule has 0 amide bonds. The monoisotopic (exact) mass is 172 g/mol. The Balaban J connectivity index is 2.24. The lowest BCUT2D eigenvalue weighted by Gasteiger charge is -2.12. The van der Waals surface area contributed by atoms with E-state index in [1.807, 2.05) is 0 Å². The van der Waals surface area contributed by atoms with Crippen LogP contribution < -0.4 is 11.1 Å². The van der Waals surface area contributed by atoms with Gasteiger partial charge in [-0.1, -0.05) is 0 Å². The predicted octanol–water partition coefficient (Wildman–Crippen LogP) is -0.514. The van der Waals surface area contributed by atoms with Gasteiger partial charge in [0.25, 0.3) is 0 Å². The molecule has 1 aliphatic rings. The summed E-state index contributed by atoms with van der Waals surface area (Å²) in [7, 11) is 1.37. The highest BCUT2D eigenvalue weighted by Crippen LogP contribution is 2.13. The number of methoxy groups -OCH3 is 1. The molecule has 1 saturated heterocycles. The van der Waals surface area contributed by atoms with E-state index in [4.69, 9.17) is 5.73 Å². The van der Waals surface area contributed by atoms with Crippen molar-refractivity contribution in [1.82, 2.24) is 5.32 Å². The molecular formula is C8H16N2O2. The van der Waals surface area contributed by atoms with Gasteiger partial charge in [-0.25, -0.2) is 0 Å². The van der Waals surface area contributed by atoms with E-state index in [0.717, 1.165) is 25.9 Å². The smallest absolute Gasteiger partial charge is 0.322 e. The summed E-state index contributed by atoms with van der Waals surface area (Å²) in [4.78, 5) is 10.9. The third kappa shape index (κ3) is 2.46. The number of ether oxygens (including phenoxy) is 1. The van der Waals surface area contributed by atoms with E-state index < -0.39 is 6.04 Å². The molecule has 0 bridgehead atoms. The number of hydrogen-bond donors (Lipinski definition) is 2. The Bertz CT molecular complexity index is 155. The zero-order valence-electron chi connectivity index (χ0n) is 7.38. The third-order valence-corrected chi connectivity index (χ3v) is 2.25. The molecule has 70 valence electrons. The average Bonchev–Trinajstić information content (AvgIpc) is 2.55.